The second-order valence-corrected chi connectivity index (χ2v) is 5.16. The highest BCUT2D eigenvalue weighted by Gasteiger charge is 2.11. The van der Waals surface area contributed by atoms with Crippen LogP contribution < -0.4 is 5.32 Å². The molecule has 23 heavy (non-hydrogen) atoms. The Morgan fingerprint density at radius 3 is 2.78 bits per heavy atom. The molecule has 0 saturated carbocycles. The average molecular weight is 310 g/mol. The highest BCUT2D eigenvalue weighted by molar-refractivity contribution is 5.80. The minimum atomic E-state index is -0.0318. The molecule has 0 unspecified atom stereocenters. The van der Waals surface area contributed by atoms with Crippen LogP contribution in [0, 0.1) is 0 Å². The summed E-state index contributed by atoms with van der Waals surface area (Å²) in [7, 11) is 1.75. The van der Waals surface area contributed by atoms with Crippen LogP contribution in [-0.4, -0.2) is 34.2 Å². The predicted octanol–water partition coefficient (Wildman–Crippen LogP) is 2.54. The van der Waals surface area contributed by atoms with Gasteiger partial charge in [0.15, 0.2) is 0 Å². The van der Waals surface area contributed by atoms with Crippen molar-refractivity contribution in [2.75, 3.05) is 18.9 Å². The lowest BCUT2D eigenvalue weighted by Crippen LogP contribution is -2.31. The zero-order chi connectivity index (χ0) is 16.1. The molecule has 0 bridgehead atoms. The van der Waals surface area contributed by atoms with Crippen molar-refractivity contribution >= 4 is 11.7 Å². The standard InChI is InChI=1S/C17H18N4O2/c1-20(13-15-8-5-11-23-15)17(22)12-18-16-9-10-21(19-16)14-6-3-2-4-7-14/h2-11H,12-13H2,1H3,(H,18,19). The second kappa shape index (κ2) is 6.83. The van der Waals surface area contributed by atoms with Crippen LogP contribution in [0.1, 0.15) is 5.76 Å². The van der Waals surface area contributed by atoms with Gasteiger partial charge < -0.3 is 14.6 Å². The third kappa shape index (κ3) is 3.79. The van der Waals surface area contributed by atoms with E-state index in [1.165, 1.54) is 0 Å². The lowest BCUT2D eigenvalue weighted by atomic mass is 10.3. The van der Waals surface area contributed by atoms with Crippen LogP contribution in [0.4, 0.5) is 5.82 Å². The Hall–Kier alpha value is -3.02. The van der Waals surface area contributed by atoms with E-state index in [2.05, 4.69) is 10.4 Å². The van der Waals surface area contributed by atoms with Gasteiger partial charge in [-0.15, -0.1) is 0 Å². The summed E-state index contributed by atoms with van der Waals surface area (Å²) in [4.78, 5) is 13.7. The molecule has 0 saturated heterocycles. The van der Waals surface area contributed by atoms with Crippen LogP contribution >= 0.6 is 0 Å². The maximum Gasteiger partial charge on any atom is 0.242 e. The third-order valence-corrected chi connectivity index (χ3v) is 3.43. The van der Waals surface area contributed by atoms with E-state index in [1.54, 1.807) is 22.9 Å². The number of rotatable bonds is 6. The fourth-order valence-electron chi connectivity index (χ4n) is 2.17. The number of furan rings is 1. The number of aromatic nitrogens is 2. The van der Waals surface area contributed by atoms with Crippen LogP contribution in [0.2, 0.25) is 0 Å². The zero-order valence-corrected chi connectivity index (χ0v) is 12.8. The van der Waals surface area contributed by atoms with Gasteiger partial charge in [0, 0.05) is 19.3 Å². The molecule has 0 aliphatic heterocycles. The Bertz CT molecular complexity index is 750. The van der Waals surface area contributed by atoms with E-state index >= 15 is 0 Å². The fraction of sp³-hybridized carbons (Fsp3) is 0.176. The van der Waals surface area contributed by atoms with Crippen molar-refractivity contribution in [2.45, 2.75) is 6.54 Å². The molecule has 0 atom stereocenters. The molecule has 0 spiro atoms. The number of nitrogens with zero attached hydrogens (tertiary/aromatic N) is 3. The normalized spacial score (nSPS) is 10.5. The largest absolute Gasteiger partial charge is 0.467 e. The maximum absolute atomic E-state index is 12.1. The van der Waals surface area contributed by atoms with Gasteiger partial charge in [-0.25, -0.2) is 4.68 Å². The van der Waals surface area contributed by atoms with E-state index in [4.69, 9.17) is 4.42 Å². The van der Waals surface area contributed by atoms with Gasteiger partial charge in [-0.3, -0.25) is 4.79 Å². The molecule has 0 aliphatic carbocycles. The molecule has 1 N–H and O–H groups in total. The molecule has 3 aromatic rings. The molecule has 0 fully saturated rings. The van der Waals surface area contributed by atoms with Gasteiger partial charge in [0.25, 0.3) is 0 Å². The van der Waals surface area contributed by atoms with E-state index in [0.717, 1.165) is 11.4 Å². The Labute approximate surface area is 134 Å². The maximum atomic E-state index is 12.1. The quantitative estimate of drug-likeness (QED) is 0.760. The second-order valence-electron chi connectivity index (χ2n) is 5.16. The average Bonchev–Trinajstić information content (AvgIpc) is 3.25. The first-order valence-electron chi connectivity index (χ1n) is 7.34. The highest BCUT2D eigenvalue weighted by Crippen LogP contribution is 2.10. The van der Waals surface area contributed by atoms with Gasteiger partial charge in [0.2, 0.25) is 5.91 Å². The molecule has 6 nitrogen and oxygen atoms in total. The molecule has 3 rings (SSSR count). The van der Waals surface area contributed by atoms with Crippen LogP contribution in [0.25, 0.3) is 5.69 Å². The van der Waals surface area contributed by atoms with Gasteiger partial charge in [-0.1, -0.05) is 18.2 Å². The summed E-state index contributed by atoms with van der Waals surface area (Å²) in [5, 5.41) is 7.45. The summed E-state index contributed by atoms with van der Waals surface area (Å²) in [6, 6.07) is 15.3. The number of hydrogen-bond acceptors (Lipinski definition) is 4. The summed E-state index contributed by atoms with van der Waals surface area (Å²) < 4.78 is 7.00. The molecule has 1 aromatic carbocycles. The minimum Gasteiger partial charge on any atom is -0.467 e. The number of anilines is 1. The minimum absolute atomic E-state index is 0.0318. The van der Waals surface area contributed by atoms with Gasteiger partial charge in [-0.2, -0.15) is 5.10 Å². The Morgan fingerprint density at radius 1 is 1.22 bits per heavy atom. The lowest BCUT2D eigenvalue weighted by molar-refractivity contribution is -0.128. The van der Waals surface area contributed by atoms with Crippen molar-refractivity contribution in [3.05, 3.63) is 66.8 Å². The van der Waals surface area contributed by atoms with E-state index in [9.17, 15) is 4.79 Å². The SMILES string of the molecule is CN(Cc1ccco1)C(=O)CNc1ccn(-c2ccccc2)n1. The monoisotopic (exact) mass is 310 g/mol. The summed E-state index contributed by atoms with van der Waals surface area (Å²) >= 11 is 0. The fourth-order valence-corrected chi connectivity index (χ4v) is 2.17. The van der Waals surface area contributed by atoms with E-state index in [0.29, 0.717) is 12.4 Å². The summed E-state index contributed by atoms with van der Waals surface area (Å²) in [5.41, 5.74) is 0.974. The Kier molecular flexibility index (Phi) is 4.42. The van der Waals surface area contributed by atoms with Crippen molar-refractivity contribution in [3.8, 4) is 5.69 Å². The van der Waals surface area contributed by atoms with Gasteiger partial charge in [0.05, 0.1) is 25.0 Å². The van der Waals surface area contributed by atoms with Crippen LogP contribution in [-0.2, 0) is 11.3 Å². The molecule has 0 radical (unpaired) electrons. The summed E-state index contributed by atoms with van der Waals surface area (Å²) in [5.74, 6) is 1.39. The first-order valence-corrected chi connectivity index (χ1v) is 7.34. The Morgan fingerprint density at radius 2 is 2.04 bits per heavy atom. The molecule has 2 aromatic heterocycles. The number of hydrogen-bond donors (Lipinski definition) is 1. The first-order chi connectivity index (χ1) is 11.2. The summed E-state index contributed by atoms with van der Waals surface area (Å²) in [6.07, 6.45) is 3.46. The third-order valence-electron chi connectivity index (χ3n) is 3.43. The molecular weight excluding hydrogens is 292 g/mol. The molecule has 0 aliphatic rings. The number of para-hydroxylation sites is 1. The van der Waals surface area contributed by atoms with Crippen molar-refractivity contribution < 1.29 is 9.21 Å². The van der Waals surface area contributed by atoms with Crippen LogP contribution in [0.15, 0.2) is 65.4 Å². The van der Waals surface area contributed by atoms with E-state index < -0.39 is 0 Å². The number of benzene rings is 1. The van der Waals surface area contributed by atoms with Gasteiger partial charge >= 0.3 is 0 Å². The topological polar surface area (TPSA) is 63.3 Å². The van der Waals surface area contributed by atoms with E-state index in [-0.39, 0.29) is 12.5 Å². The lowest BCUT2D eigenvalue weighted by Gasteiger charge is -2.15. The first kappa shape index (κ1) is 14.9. The van der Waals surface area contributed by atoms with E-state index in [1.807, 2.05) is 54.7 Å². The number of carbonyl (C=O) groups is 1. The Balaban J connectivity index is 1.54. The van der Waals surface area contributed by atoms with Crippen molar-refractivity contribution in [1.29, 1.82) is 0 Å². The molecule has 2 heterocycles. The van der Waals surface area contributed by atoms with Gasteiger partial charge in [-0.05, 0) is 24.3 Å². The number of nitrogens with one attached hydrogen (secondary N) is 1. The van der Waals surface area contributed by atoms with Crippen molar-refractivity contribution in [1.82, 2.24) is 14.7 Å². The van der Waals surface area contributed by atoms with Crippen LogP contribution in [0.3, 0.4) is 0 Å². The van der Waals surface area contributed by atoms with Crippen molar-refractivity contribution in [3.63, 3.8) is 0 Å². The zero-order valence-electron chi connectivity index (χ0n) is 12.8. The number of likely N-dealkylation sites (N-methyl/N-ethyl adjacent to an activating group) is 1. The van der Waals surface area contributed by atoms with Gasteiger partial charge in [0.1, 0.15) is 11.6 Å². The smallest absolute Gasteiger partial charge is 0.242 e. The predicted molar refractivity (Wildman–Crippen MR) is 87.2 cm³/mol. The highest BCUT2D eigenvalue weighted by atomic mass is 16.3. The van der Waals surface area contributed by atoms with Crippen molar-refractivity contribution in [2.24, 2.45) is 0 Å². The number of carbonyl (C=O) groups excluding carboxylic acids is 1. The number of amides is 1. The summed E-state index contributed by atoms with van der Waals surface area (Å²) in [6.45, 7) is 0.634. The molecular formula is C17H18N4O2. The molecule has 1 amide bonds. The molecule has 6 heteroatoms. The van der Waals surface area contributed by atoms with Crippen LogP contribution in [0.5, 0.6) is 0 Å². The molecule has 118 valence electrons.